The molecule has 0 radical (unpaired) electrons. The van der Waals surface area contributed by atoms with Crippen LogP contribution in [-0.2, 0) is 19.6 Å². The Morgan fingerprint density at radius 2 is 2.06 bits per heavy atom. The van der Waals surface area contributed by atoms with Crippen molar-refractivity contribution in [1.82, 2.24) is 4.57 Å². The summed E-state index contributed by atoms with van der Waals surface area (Å²) >= 11 is 0. The van der Waals surface area contributed by atoms with E-state index in [9.17, 15) is 9.90 Å². The van der Waals surface area contributed by atoms with Crippen molar-refractivity contribution in [3.05, 3.63) is 17.0 Å². The zero-order valence-electron chi connectivity index (χ0n) is 10.2. The van der Waals surface area contributed by atoms with Crippen LogP contribution in [0.5, 0.6) is 0 Å². The smallest absolute Gasteiger partial charge is 0.178 e. The van der Waals surface area contributed by atoms with Crippen molar-refractivity contribution >= 4 is 11.5 Å². The summed E-state index contributed by atoms with van der Waals surface area (Å²) in [6.45, 7) is 6.09. The Balaban J connectivity index is 3.44. The second-order valence-electron chi connectivity index (χ2n) is 3.90. The molecule has 0 aromatic carbocycles. The van der Waals surface area contributed by atoms with Gasteiger partial charge in [-0.25, -0.2) is 0 Å². The minimum absolute atomic E-state index is 0.0450. The van der Waals surface area contributed by atoms with Crippen molar-refractivity contribution in [2.45, 2.75) is 46.8 Å². The highest BCUT2D eigenvalue weighted by atomic mass is 16.3. The number of aliphatic hydroxyl groups is 1. The molecule has 1 aromatic rings. The molecule has 3 N–H and O–H groups in total. The maximum Gasteiger partial charge on any atom is 0.178 e. The predicted molar refractivity (Wildman–Crippen MR) is 64.4 cm³/mol. The molecule has 1 rings (SSSR count). The van der Waals surface area contributed by atoms with E-state index in [1.165, 1.54) is 6.92 Å². The number of Topliss-reactive ketones (excluding diaryl/α,β-unsaturated/α-hetero) is 1. The first-order valence-corrected chi connectivity index (χ1v) is 5.69. The molecule has 1 heterocycles. The number of carbonyl (C=O) groups excluding carboxylic acids is 1. The summed E-state index contributed by atoms with van der Waals surface area (Å²) in [4.78, 5) is 11.5. The number of carbonyl (C=O) groups is 1. The monoisotopic (exact) mass is 224 g/mol. The molecule has 0 aliphatic carbocycles. The van der Waals surface area contributed by atoms with Crippen molar-refractivity contribution < 1.29 is 9.90 Å². The van der Waals surface area contributed by atoms with E-state index >= 15 is 0 Å². The molecule has 0 amide bonds. The molecule has 4 nitrogen and oxygen atoms in total. The Labute approximate surface area is 96.1 Å². The number of anilines is 1. The maximum atomic E-state index is 11.5. The molecule has 16 heavy (non-hydrogen) atoms. The Morgan fingerprint density at radius 1 is 1.44 bits per heavy atom. The largest absolute Gasteiger partial charge is 0.397 e. The van der Waals surface area contributed by atoms with Crippen molar-refractivity contribution in [3.8, 4) is 0 Å². The highest BCUT2D eigenvalue weighted by Gasteiger charge is 2.21. The number of hydrogen-bond acceptors (Lipinski definition) is 3. The van der Waals surface area contributed by atoms with Crippen molar-refractivity contribution in [2.24, 2.45) is 0 Å². The number of nitrogens with zero attached hydrogens (tertiary/aromatic N) is 1. The van der Waals surface area contributed by atoms with Gasteiger partial charge in [-0.15, -0.1) is 0 Å². The zero-order chi connectivity index (χ0) is 12.3. The third-order valence-electron chi connectivity index (χ3n) is 2.82. The van der Waals surface area contributed by atoms with Crippen LogP contribution in [-0.4, -0.2) is 15.5 Å². The van der Waals surface area contributed by atoms with E-state index in [1.807, 2.05) is 11.5 Å². The molecule has 1 aromatic heterocycles. The second-order valence-corrected chi connectivity index (χ2v) is 3.90. The number of nitrogens with two attached hydrogens (primary N) is 1. The molecule has 0 aliphatic heterocycles. The first kappa shape index (κ1) is 12.8. The topological polar surface area (TPSA) is 68.2 Å². The Hall–Kier alpha value is -1.29. The Bertz CT molecular complexity index is 394. The second kappa shape index (κ2) is 5.16. The normalized spacial score (nSPS) is 10.8. The van der Waals surface area contributed by atoms with Gasteiger partial charge in [0.05, 0.1) is 12.3 Å². The van der Waals surface area contributed by atoms with Crippen LogP contribution in [0, 0.1) is 0 Å². The van der Waals surface area contributed by atoms with Gasteiger partial charge in [0.2, 0.25) is 0 Å². The number of ketones is 1. The van der Waals surface area contributed by atoms with Gasteiger partial charge in [-0.3, -0.25) is 4.79 Å². The van der Waals surface area contributed by atoms with Crippen molar-refractivity contribution in [1.29, 1.82) is 0 Å². The number of rotatable bonds is 5. The molecule has 4 heteroatoms. The molecule has 0 aliphatic rings. The molecule has 0 saturated carbocycles. The Morgan fingerprint density at radius 3 is 2.44 bits per heavy atom. The van der Waals surface area contributed by atoms with E-state index in [0.717, 1.165) is 24.1 Å². The van der Waals surface area contributed by atoms with E-state index in [1.54, 1.807) is 0 Å². The number of aromatic nitrogens is 1. The summed E-state index contributed by atoms with van der Waals surface area (Å²) in [5.41, 5.74) is 8.78. The van der Waals surface area contributed by atoms with Crippen LogP contribution in [0.15, 0.2) is 0 Å². The van der Waals surface area contributed by atoms with Gasteiger partial charge in [0, 0.05) is 19.2 Å². The fourth-order valence-corrected chi connectivity index (χ4v) is 2.18. The van der Waals surface area contributed by atoms with E-state index in [2.05, 4.69) is 6.92 Å². The van der Waals surface area contributed by atoms with E-state index in [-0.39, 0.29) is 12.4 Å². The number of nitrogen functional groups attached to an aromatic ring is 1. The first-order valence-electron chi connectivity index (χ1n) is 5.69. The minimum Gasteiger partial charge on any atom is -0.397 e. The number of aliphatic hydroxyl groups excluding tert-OH is 1. The SMILES string of the molecule is CCCc1c(N)c(C(C)=O)n(CC)c1CO. The van der Waals surface area contributed by atoms with E-state index < -0.39 is 0 Å². The minimum atomic E-state index is -0.0688. The lowest BCUT2D eigenvalue weighted by molar-refractivity contribution is 0.100. The summed E-state index contributed by atoms with van der Waals surface area (Å²) in [7, 11) is 0. The van der Waals surface area contributed by atoms with Crippen LogP contribution in [0.4, 0.5) is 5.69 Å². The van der Waals surface area contributed by atoms with Crippen LogP contribution in [0.2, 0.25) is 0 Å². The van der Waals surface area contributed by atoms with Crippen LogP contribution >= 0.6 is 0 Å². The van der Waals surface area contributed by atoms with Crippen molar-refractivity contribution in [2.75, 3.05) is 5.73 Å². The maximum absolute atomic E-state index is 11.5. The van der Waals surface area contributed by atoms with E-state index in [0.29, 0.717) is 17.9 Å². The molecule has 0 fully saturated rings. The molecule has 90 valence electrons. The molecule has 0 unspecified atom stereocenters. The molecule has 0 bridgehead atoms. The summed E-state index contributed by atoms with van der Waals surface area (Å²) in [6.07, 6.45) is 1.75. The van der Waals surface area contributed by atoms with Gasteiger partial charge in [-0.05, 0) is 18.9 Å². The zero-order valence-corrected chi connectivity index (χ0v) is 10.2. The van der Waals surface area contributed by atoms with Crippen molar-refractivity contribution in [3.63, 3.8) is 0 Å². The fourth-order valence-electron chi connectivity index (χ4n) is 2.18. The van der Waals surface area contributed by atoms with Crippen LogP contribution < -0.4 is 5.73 Å². The van der Waals surface area contributed by atoms with Gasteiger partial charge in [0.15, 0.2) is 5.78 Å². The fraction of sp³-hybridized carbons (Fsp3) is 0.583. The molecule has 0 saturated heterocycles. The number of hydrogen-bond donors (Lipinski definition) is 2. The van der Waals surface area contributed by atoms with Gasteiger partial charge in [0.1, 0.15) is 5.69 Å². The predicted octanol–water partition coefficient (Wildman–Crippen LogP) is 1.74. The van der Waals surface area contributed by atoms with Crippen LogP contribution in [0.3, 0.4) is 0 Å². The lowest BCUT2D eigenvalue weighted by Gasteiger charge is -2.07. The highest BCUT2D eigenvalue weighted by molar-refractivity contribution is 5.98. The summed E-state index contributed by atoms with van der Waals surface area (Å²) in [5, 5.41) is 9.39. The lowest BCUT2D eigenvalue weighted by Crippen LogP contribution is -2.09. The van der Waals surface area contributed by atoms with Crippen LogP contribution in [0.1, 0.15) is 48.9 Å². The average Bonchev–Trinajstić information content (AvgIpc) is 2.52. The molecular formula is C12H20N2O2. The van der Waals surface area contributed by atoms with Gasteiger partial charge in [-0.2, -0.15) is 0 Å². The summed E-state index contributed by atoms with van der Waals surface area (Å²) < 4.78 is 1.82. The van der Waals surface area contributed by atoms with Gasteiger partial charge >= 0.3 is 0 Å². The highest BCUT2D eigenvalue weighted by Crippen LogP contribution is 2.27. The quantitative estimate of drug-likeness (QED) is 0.748. The van der Waals surface area contributed by atoms with Gasteiger partial charge in [-0.1, -0.05) is 13.3 Å². The molecular weight excluding hydrogens is 204 g/mol. The van der Waals surface area contributed by atoms with Gasteiger partial charge < -0.3 is 15.4 Å². The lowest BCUT2D eigenvalue weighted by atomic mass is 10.1. The molecule has 0 spiro atoms. The summed E-state index contributed by atoms with van der Waals surface area (Å²) in [5.74, 6) is -0.0450. The van der Waals surface area contributed by atoms with Gasteiger partial charge in [0.25, 0.3) is 0 Å². The Kier molecular flexibility index (Phi) is 4.12. The van der Waals surface area contributed by atoms with Crippen LogP contribution in [0.25, 0.3) is 0 Å². The summed E-state index contributed by atoms with van der Waals surface area (Å²) in [6, 6.07) is 0. The average molecular weight is 224 g/mol. The molecule has 0 atom stereocenters. The standard InChI is InChI=1S/C12H20N2O2/c1-4-6-9-10(7-15)14(5-2)12(8(3)16)11(9)13/h15H,4-7,13H2,1-3H3. The third-order valence-corrected chi connectivity index (χ3v) is 2.82. The third kappa shape index (κ3) is 1.97. The first-order chi connectivity index (χ1) is 7.58. The van der Waals surface area contributed by atoms with E-state index in [4.69, 9.17) is 5.73 Å².